The van der Waals surface area contributed by atoms with Gasteiger partial charge in [0.2, 0.25) is 0 Å². The van der Waals surface area contributed by atoms with Gasteiger partial charge in [-0.2, -0.15) is 22.0 Å². The van der Waals surface area contributed by atoms with Crippen LogP contribution in [0.25, 0.3) is 0 Å². The zero-order valence-corrected chi connectivity index (χ0v) is 10.5. The van der Waals surface area contributed by atoms with Crippen molar-refractivity contribution in [3.8, 4) is 0 Å². The van der Waals surface area contributed by atoms with Crippen LogP contribution in [0, 0.1) is 0 Å². The van der Waals surface area contributed by atoms with E-state index in [4.69, 9.17) is 0 Å². The highest BCUT2D eigenvalue weighted by molar-refractivity contribution is 7.91. The molecule has 0 aliphatic carbocycles. The monoisotopic (exact) mass is 303 g/mol. The first kappa shape index (κ1) is 15.8. The minimum atomic E-state index is -5.75. The third kappa shape index (κ3) is 3.40. The SMILES string of the molecule is CCS(=O)(=O)c1cccnc1CC(F)(F)C(F)(F)F. The normalized spacial score (nSPS) is 13.6. The molecule has 19 heavy (non-hydrogen) atoms. The molecule has 3 nitrogen and oxygen atoms in total. The summed E-state index contributed by atoms with van der Waals surface area (Å²) < 4.78 is 85.3. The van der Waals surface area contributed by atoms with Crippen LogP contribution in [-0.4, -0.2) is 31.3 Å². The molecular formula is C10H10F5NO2S. The Bertz CT molecular complexity index is 553. The maximum atomic E-state index is 12.9. The highest BCUT2D eigenvalue weighted by Crippen LogP contribution is 2.38. The van der Waals surface area contributed by atoms with Crippen LogP contribution in [0.2, 0.25) is 0 Å². The fraction of sp³-hybridized carbons (Fsp3) is 0.500. The lowest BCUT2D eigenvalue weighted by atomic mass is 10.1. The lowest BCUT2D eigenvalue weighted by molar-refractivity contribution is -0.281. The second-order valence-electron chi connectivity index (χ2n) is 3.73. The minimum absolute atomic E-state index is 0.413. The van der Waals surface area contributed by atoms with Crippen molar-refractivity contribution in [1.82, 2.24) is 4.98 Å². The number of halogens is 5. The molecule has 9 heteroatoms. The van der Waals surface area contributed by atoms with Crippen LogP contribution in [0.4, 0.5) is 22.0 Å². The molecule has 0 aromatic carbocycles. The van der Waals surface area contributed by atoms with E-state index in [0.717, 1.165) is 18.3 Å². The standard InChI is InChI=1S/C10H10F5NO2S/c1-2-19(17,18)8-4-3-5-16-7(8)6-9(11,12)10(13,14)15/h3-5H,2,6H2,1H3. The summed E-state index contributed by atoms with van der Waals surface area (Å²) in [6.45, 7) is 1.26. The maximum Gasteiger partial charge on any atom is 0.453 e. The smallest absolute Gasteiger partial charge is 0.260 e. The summed E-state index contributed by atoms with van der Waals surface area (Å²) >= 11 is 0. The van der Waals surface area contributed by atoms with Crippen LogP contribution in [0.3, 0.4) is 0 Å². The van der Waals surface area contributed by atoms with Gasteiger partial charge in [-0.05, 0) is 12.1 Å². The molecular weight excluding hydrogens is 293 g/mol. The third-order valence-corrected chi connectivity index (χ3v) is 4.17. The maximum absolute atomic E-state index is 12.9. The number of hydrogen-bond donors (Lipinski definition) is 0. The predicted molar refractivity (Wildman–Crippen MR) is 56.7 cm³/mol. The molecule has 0 unspecified atom stereocenters. The lowest BCUT2D eigenvalue weighted by Gasteiger charge is -2.20. The number of rotatable bonds is 4. The molecule has 1 aromatic rings. The predicted octanol–water partition coefficient (Wildman–Crippen LogP) is 2.62. The van der Waals surface area contributed by atoms with Crippen molar-refractivity contribution in [2.24, 2.45) is 0 Å². The molecule has 1 aromatic heterocycles. The Hall–Kier alpha value is -1.25. The van der Waals surface area contributed by atoms with Crippen molar-refractivity contribution < 1.29 is 30.4 Å². The van der Waals surface area contributed by atoms with E-state index in [1.165, 1.54) is 6.92 Å². The Morgan fingerprint density at radius 2 is 1.79 bits per heavy atom. The molecule has 0 amide bonds. The van der Waals surface area contributed by atoms with Crippen molar-refractivity contribution in [2.75, 3.05) is 5.75 Å². The van der Waals surface area contributed by atoms with E-state index in [9.17, 15) is 30.4 Å². The highest BCUT2D eigenvalue weighted by atomic mass is 32.2. The molecule has 0 atom stereocenters. The van der Waals surface area contributed by atoms with Crippen LogP contribution >= 0.6 is 0 Å². The number of pyridine rings is 1. The lowest BCUT2D eigenvalue weighted by Crippen LogP contribution is -2.39. The fourth-order valence-corrected chi connectivity index (χ4v) is 2.39. The van der Waals surface area contributed by atoms with Crippen LogP contribution in [0.15, 0.2) is 23.2 Å². The molecule has 0 spiro atoms. The molecule has 0 saturated heterocycles. The Morgan fingerprint density at radius 1 is 1.21 bits per heavy atom. The van der Waals surface area contributed by atoms with E-state index in [0.29, 0.717) is 0 Å². The first-order valence-electron chi connectivity index (χ1n) is 5.12. The summed E-state index contributed by atoms with van der Waals surface area (Å²) in [5, 5.41) is 0. The van der Waals surface area contributed by atoms with E-state index in [-0.39, 0.29) is 0 Å². The van der Waals surface area contributed by atoms with E-state index in [2.05, 4.69) is 4.98 Å². The average molecular weight is 303 g/mol. The Labute approximate surface area is 106 Å². The quantitative estimate of drug-likeness (QED) is 0.803. The zero-order chi connectivity index (χ0) is 14.9. The van der Waals surface area contributed by atoms with Crippen LogP contribution in [-0.2, 0) is 16.3 Å². The fourth-order valence-electron chi connectivity index (χ4n) is 1.31. The van der Waals surface area contributed by atoms with Crippen molar-refractivity contribution in [1.29, 1.82) is 0 Å². The van der Waals surface area contributed by atoms with Gasteiger partial charge in [0.1, 0.15) is 0 Å². The van der Waals surface area contributed by atoms with Crippen molar-refractivity contribution in [3.63, 3.8) is 0 Å². The molecule has 0 aliphatic heterocycles. The van der Waals surface area contributed by atoms with Gasteiger partial charge in [-0.3, -0.25) is 4.98 Å². The molecule has 0 N–H and O–H groups in total. The highest BCUT2D eigenvalue weighted by Gasteiger charge is 2.57. The summed E-state index contributed by atoms with van der Waals surface area (Å²) in [6, 6.07) is 2.13. The van der Waals surface area contributed by atoms with Crippen LogP contribution in [0.5, 0.6) is 0 Å². The summed E-state index contributed by atoms with van der Waals surface area (Å²) in [5.74, 6) is -5.44. The van der Waals surface area contributed by atoms with Crippen molar-refractivity contribution in [2.45, 2.75) is 30.3 Å². The van der Waals surface area contributed by atoms with Gasteiger partial charge in [0.05, 0.1) is 22.8 Å². The van der Waals surface area contributed by atoms with Crippen molar-refractivity contribution in [3.05, 3.63) is 24.0 Å². The van der Waals surface area contributed by atoms with Gasteiger partial charge in [0, 0.05) is 6.20 Å². The van der Waals surface area contributed by atoms with E-state index in [1.54, 1.807) is 0 Å². The molecule has 108 valence electrons. The largest absolute Gasteiger partial charge is 0.453 e. The first-order chi connectivity index (χ1) is 8.51. The number of hydrogen-bond acceptors (Lipinski definition) is 3. The van der Waals surface area contributed by atoms with Crippen LogP contribution in [0.1, 0.15) is 12.6 Å². The molecule has 0 radical (unpaired) electrons. The second kappa shape index (κ2) is 5.03. The zero-order valence-electron chi connectivity index (χ0n) is 9.71. The van der Waals surface area contributed by atoms with Gasteiger partial charge in [0.15, 0.2) is 9.84 Å². The summed E-state index contributed by atoms with van der Waals surface area (Å²) in [4.78, 5) is 2.74. The summed E-state index contributed by atoms with van der Waals surface area (Å²) in [7, 11) is -3.91. The number of nitrogens with zero attached hydrogens (tertiary/aromatic N) is 1. The van der Waals surface area contributed by atoms with E-state index >= 15 is 0 Å². The molecule has 0 bridgehead atoms. The summed E-state index contributed by atoms with van der Waals surface area (Å²) in [6.07, 6.45) is -6.58. The van der Waals surface area contributed by atoms with E-state index < -0.39 is 44.7 Å². The molecule has 0 fully saturated rings. The van der Waals surface area contributed by atoms with Crippen molar-refractivity contribution >= 4 is 9.84 Å². The van der Waals surface area contributed by atoms with Gasteiger partial charge in [-0.1, -0.05) is 6.92 Å². The number of alkyl halides is 5. The topological polar surface area (TPSA) is 47.0 Å². The van der Waals surface area contributed by atoms with Gasteiger partial charge >= 0.3 is 12.1 Å². The first-order valence-corrected chi connectivity index (χ1v) is 6.77. The van der Waals surface area contributed by atoms with E-state index in [1.807, 2.05) is 0 Å². The van der Waals surface area contributed by atoms with Gasteiger partial charge in [0.25, 0.3) is 0 Å². The molecule has 0 saturated carbocycles. The second-order valence-corrected chi connectivity index (χ2v) is 5.98. The van der Waals surface area contributed by atoms with Crippen LogP contribution < -0.4 is 0 Å². The molecule has 1 heterocycles. The number of sulfone groups is 1. The Morgan fingerprint density at radius 3 is 2.26 bits per heavy atom. The number of aromatic nitrogens is 1. The Kier molecular flexibility index (Phi) is 4.18. The summed E-state index contributed by atoms with van der Waals surface area (Å²) in [5.41, 5.74) is -0.785. The minimum Gasteiger partial charge on any atom is -0.260 e. The molecule has 0 aliphatic rings. The third-order valence-electron chi connectivity index (χ3n) is 2.37. The van der Waals surface area contributed by atoms with Gasteiger partial charge in [-0.15, -0.1) is 0 Å². The van der Waals surface area contributed by atoms with Gasteiger partial charge in [-0.25, -0.2) is 8.42 Å². The average Bonchev–Trinajstić information content (AvgIpc) is 2.27. The van der Waals surface area contributed by atoms with Gasteiger partial charge < -0.3 is 0 Å². The molecule has 1 rings (SSSR count). The Balaban J connectivity index is 3.25.